The molecule has 0 fully saturated rings. The summed E-state index contributed by atoms with van der Waals surface area (Å²) in [6, 6.07) is 6.46. The predicted octanol–water partition coefficient (Wildman–Crippen LogP) is 2.51. The fraction of sp³-hybridized carbons (Fsp3) is 0.517. The third-order valence-electron chi connectivity index (χ3n) is 5.93. The third kappa shape index (κ3) is 13.6. The Morgan fingerprint density at radius 3 is 2.31 bits per heavy atom. The third-order valence-corrected chi connectivity index (χ3v) is 5.93. The number of aromatic nitrogens is 2. The number of rotatable bonds is 15. The molecule has 0 spiro atoms. The van der Waals surface area contributed by atoms with E-state index < -0.39 is 17.9 Å². The highest BCUT2D eigenvalue weighted by molar-refractivity contribution is 5.92. The van der Waals surface area contributed by atoms with Crippen LogP contribution in [0.3, 0.4) is 0 Å². The molecule has 0 radical (unpaired) electrons. The molecular formula is C29H47N5O8. The molecule has 0 saturated carbocycles. The van der Waals surface area contributed by atoms with Gasteiger partial charge in [0, 0.05) is 26.0 Å². The highest BCUT2D eigenvalue weighted by Crippen LogP contribution is 2.25. The highest BCUT2D eigenvalue weighted by Gasteiger charge is 2.30. The molecular weight excluding hydrogens is 546 g/mol. The fourth-order valence-corrected chi connectivity index (χ4v) is 3.95. The van der Waals surface area contributed by atoms with E-state index in [1.165, 1.54) is 12.3 Å². The van der Waals surface area contributed by atoms with Gasteiger partial charge in [-0.05, 0) is 44.4 Å². The van der Waals surface area contributed by atoms with Crippen molar-refractivity contribution < 1.29 is 39.3 Å². The van der Waals surface area contributed by atoms with Crippen LogP contribution in [-0.2, 0) is 14.4 Å². The van der Waals surface area contributed by atoms with Gasteiger partial charge < -0.3 is 30.4 Å². The first-order chi connectivity index (χ1) is 20.4. The first-order valence-electron chi connectivity index (χ1n) is 13.6. The Hall–Kier alpha value is -3.94. The normalized spacial score (nSPS) is 11.0. The molecule has 236 valence electrons. The van der Waals surface area contributed by atoms with Crippen LogP contribution in [0.5, 0.6) is 5.75 Å². The average Bonchev–Trinajstić information content (AvgIpc) is 3.04. The average molecular weight is 594 g/mol. The monoisotopic (exact) mass is 593 g/mol. The smallest absolute Gasteiger partial charge is 0.271 e. The molecule has 2 unspecified atom stereocenters. The van der Waals surface area contributed by atoms with E-state index >= 15 is 0 Å². The van der Waals surface area contributed by atoms with E-state index in [4.69, 9.17) is 19.7 Å². The lowest BCUT2D eigenvalue weighted by Gasteiger charge is -2.29. The Morgan fingerprint density at radius 2 is 1.74 bits per heavy atom. The van der Waals surface area contributed by atoms with E-state index in [2.05, 4.69) is 27.5 Å². The molecule has 1 aromatic heterocycles. The van der Waals surface area contributed by atoms with Gasteiger partial charge in [-0.15, -0.1) is 0 Å². The summed E-state index contributed by atoms with van der Waals surface area (Å²) in [5.41, 5.74) is 1.86. The molecule has 13 nitrogen and oxygen atoms in total. The minimum absolute atomic E-state index is 0.122. The SMILES string of the molecule is C=O.CCCCCC(C(=O)NCNC(=O)c1ccnc(-c2ccc(C)c(OCC)c2)n1)C(CC)N(O)C=O.CO.CO. The van der Waals surface area contributed by atoms with Crippen LogP contribution in [0, 0.1) is 12.8 Å². The molecule has 0 aliphatic heterocycles. The van der Waals surface area contributed by atoms with E-state index in [1.54, 1.807) is 6.92 Å². The summed E-state index contributed by atoms with van der Waals surface area (Å²) in [5.74, 6) is -0.300. The molecule has 1 aromatic carbocycles. The van der Waals surface area contributed by atoms with Crippen molar-refractivity contribution in [3.63, 3.8) is 0 Å². The van der Waals surface area contributed by atoms with E-state index in [9.17, 15) is 19.6 Å². The molecule has 0 aliphatic rings. The van der Waals surface area contributed by atoms with Gasteiger partial charge in [-0.2, -0.15) is 0 Å². The van der Waals surface area contributed by atoms with Crippen molar-refractivity contribution in [1.82, 2.24) is 25.7 Å². The molecule has 3 amide bonds. The van der Waals surface area contributed by atoms with Gasteiger partial charge in [0.05, 0.1) is 25.2 Å². The lowest BCUT2D eigenvalue weighted by Crippen LogP contribution is -2.47. The van der Waals surface area contributed by atoms with Crippen molar-refractivity contribution in [2.45, 2.75) is 65.8 Å². The first-order valence-corrected chi connectivity index (χ1v) is 13.6. The summed E-state index contributed by atoms with van der Waals surface area (Å²) in [6.45, 7) is 10.1. The van der Waals surface area contributed by atoms with Gasteiger partial charge >= 0.3 is 0 Å². The number of hydroxylamine groups is 2. The molecule has 1 heterocycles. The maximum Gasteiger partial charge on any atom is 0.271 e. The summed E-state index contributed by atoms with van der Waals surface area (Å²) < 4.78 is 5.64. The maximum atomic E-state index is 12.9. The minimum Gasteiger partial charge on any atom is -0.494 e. The quantitative estimate of drug-likeness (QED) is 0.0674. The van der Waals surface area contributed by atoms with Gasteiger partial charge in [-0.25, -0.2) is 15.0 Å². The van der Waals surface area contributed by atoms with E-state index in [0.717, 1.165) is 50.4 Å². The number of amides is 3. The van der Waals surface area contributed by atoms with Crippen LogP contribution >= 0.6 is 0 Å². The number of carbonyl (C=O) groups excluding carboxylic acids is 4. The van der Waals surface area contributed by atoms with Crippen LogP contribution in [0.15, 0.2) is 30.5 Å². The zero-order valence-corrected chi connectivity index (χ0v) is 25.5. The summed E-state index contributed by atoms with van der Waals surface area (Å²) in [4.78, 5) is 53.3. The molecule has 2 atom stereocenters. The van der Waals surface area contributed by atoms with Crippen LogP contribution in [0.25, 0.3) is 11.4 Å². The Balaban J connectivity index is 0. The van der Waals surface area contributed by atoms with Crippen molar-refractivity contribution >= 4 is 25.0 Å². The standard InChI is InChI=1S/C26H37N5O5.2CH4O.CH2O/c1-5-8-9-10-20(22(6-2)31(35)17-32)25(33)28-16-29-26(34)21-13-14-27-24(30-21)19-12-11-18(4)23(15-19)36-7-3;3*1-2/h11-15,17,20,22,35H,5-10,16H2,1-4H3,(H,28,33)(H,29,34);2*2H,1H3;1H2. The molecule has 42 heavy (non-hydrogen) atoms. The second-order valence-corrected chi connectivity index (χ2v) is 8.47. The number of nitrogens with zero attached hydrogens (tertiary/aromatic N) is 3. The van der Waals surface area contributed by atoms with Crippen LogP contribution < -0.4 is 15.4 Å². The zero-order valence-electron chi connectivity index (χ0n) is 25.5. The molecule has 2 rings (SSSR count). The van der Waals surface area contributed by atoms with Gasteiger partial charge in [0.2, 0.25) is 12.3 Å². The van der Waals surface area contributed by atoms with E-state index in [1.807, 2.05) is 38.8 Å². The van der Waals surface area contributed by atoms with Gasteiger partial charge in [0.15, 0.2) is 5.82 Å². The largest absolute Gasteiger partial charge is 0.494 e. The second-order valence-electron chi connectivity index (χ2n) is 8.47. The van der Waals surface area contributed by atoms with Gasteiger partial charge in [0.25, 0.3) is 5.91 Å². The Morgan fingerprint density at radius 1 is 1.07 bits per heavy atom. The second kappa shape index (κ2) is 24.8. The van der Waals surface area contributed by atoms with Gasteiger partial charge in [0.1, 0.15) is 18.2 Å². The number of hydrogen-bond acceptors (Lipinski definition) is 10. The maximum absolute atomic E-state index is 12.9. The van der Waals surface area contributed by atoms with Crippen molar-refractivity contribution in [2.75, 3.05) is 27.5 Å². The van der Waals surface area contributed by atoms with Crippen molar-refractivity contribution in [3.8, 4) is 17.1 Å². The Labute approximate surface area is 248 Å². The number of aliphatic hydroxyl groups excluding tert-OH is 2. The number of benzene rings is 1. The Bertz CT molecular complexity index is 1040. The number of aryl methyl sites for hydroxylation is 1. The number of hydrogen-bond donors (Lipinski definition) is 5. The number of carbonyl (C=O) groups is 4. The van der Waals surface area contributed by atoms with Gasteiger partial charge in [-0.3, -0.25) is 19.6 Å². The van der Waals surface area contributed by atoms with Crippen molar-refractivity contribution in [2.24, 2.45) is 5.92 Å². The number of aliphatic hydroxyl groups is 2. The van der Waals surface area contributed by atoms with E-state index in [0.29, 0.717) is 36.7 Å². The van der Waals surface area contributed by atoms with E-state index in [-0.39, 0.29) is 18.3 Å². The molecule has 0 aliphatic carbocycles. The first kappa shape index (κ1) is 40.2. The van der Waals surface area contributed by atoms with Crippen LogP contribution in [0.1, 0.15) is 68.9 Å². The topological polar surface area (TPSA) is 191 Å². The van der Waals surface area contributed by atoms with Gasteiger partial charge in [-0.1, -0.05) is 45.2 Å². The summed E-state index contributed by atoms with van der Waals surface area (Å²) >= 11 is 0. The predicted molar refractivity (Wildman–Crippen MR) is 159 cm³/mol. The molecule has 2 aromatic rings. The number of nitrogens with one attached hydrogen (secondary N) is 2. The molecule has 5 N–H and O–H groups in total. The molecule has 0 saturated heterocycles. The highest BCUT2D eigenvalue weighted by atomic mass is 16.5. The summed E-state index contributed by atoms with van der Waals surface area (Å²) in [7, 11) is 2.00. The minimum atomic E-state index is -0.643. The summed E-state index contributed by atoms with van der Waals surface area (Å²) in [5, 5.41) is 29.8. The van der Waals surface area contributed by atoms with Crippen molar-refractivity contribution in [1.29, 1.82) is 0 Å². The van der Waals surface area contributed by atoms with Crippen LogP contribution in [0.4, 0.5) is 0 Å². The van der Waals surface area contributed by atoms with Crippen LogP contribution in [-0.4, -0.2) is 89.0 Å². The molecule has 0 bridgehead atoms. The summed E-state index contributed by atoms with van der Waals surface area (Å²) in [6.07, 6.45) is 5.46. The number of unbranched alkanes of at least 4 members (excludes halogenated alkanes) is 2. The fourth-order valence-electron chi connectivity index (χ4n) is 3.95. The lowest BCUT2D eigenvalue weighted by molar-refractivity contribution is -0.168. The molecule has 13 heteroatoms. The van der Waals surface area contributed by atoms with Crippen molar-refractivity contribution in [3.05, 3.63) is 41.7 Å². The zero-order chi connectivity index (χ0) is 32.5. The van der Waals surface area contributed by atoms with Crippen LogP contribution in [0.2, 0.25) is 0 Å². The Kier molecular flexibility index (Phi) is 23.8. The lowest BCUT2D eigenvalue weighted by atomic mass is 9.90. The number of ether oxygens (including phenoxy) is 1.